The van der Waals surface area contributed by atoms with Crippen molar-refractivity contribution in [1.82, 2.24) is 0 Å². The highest BCUT2D eigenvalue weighted by Crippen LogP contribution is 2.39. The average molecular weight is 353 g/mol. The van der Waals surface area contributed by atoms with Crippen molar-refractivity contribution < 1.29 is 0 Å². The standard InChI is InChI=1S/C16H21BrN2S/c17-12-7-8-15(13(10-12)16(18)20)19-9-3-6-14(19)11-4-1-2-5-11/h7-8,10-11,14H,1-6,9H2,(H2,18,20). The molecule has 20 heavy (non-hydrogen) atoms. The molecule has 108 valence electrons. The monoisotopic (exact) mass is 352 g/mol. The molecule has 3 rings (SSSR count). The number of benzene rings is 1. The van der Waals surface area contributed by atoms with Crippen LogP contribution in [0.1, 0.15) is 44.1 Å². The van der Waals surface area contributed by atoms with Crippen LogP contribution in [0.5, 0.6) is 0 Å². The molecule has 1 aromatic rings. The summed E-state index contributed by atoms with van der Waals surface area (Å²) in [6, 6.07) is 7.01. The predicted octanol–water partition coefficient (Wildman–Crippen LogP) is 4.24. The molecular weight excluding hydrogens is 332 g/mol. The molecule has 1 aliphatic heterocycles. The van der Waals surface area contributed by atoms with E-state index in [1.54, 1.807) is 0 Å². The Balaban J connectivity index is 1.92. The lowest BCUT2D eigenvalue weighted by Crippen LogP contribution is -2.36. The van der Waals surface area contributed by atoms with Crippen LogP contribution in [-0.2, 0) is 0 Å². The topological polar surface area (TPSA) is 29.3 Å². The van der Waals surface area contributed by atoms with Crippen molar-refractivity contribution in [2.45, 2.75) is 44.6 Å². The Morgan fingerprint density at radius 1 is 1.20 bits per heavy atom. The Kier molecular flexibility index (Phi) is 4.32. The van der Waals surface area contributed by atoms with Gasteiger partial charge in [0, 0.05) is 28.3 Å². The van der Waals surface area contributed by atoms with Crippen LogP contribution < -0.4 is 10.6 Å². The van der Waals surface area contributed by atoms with Crippen LogP contribution in [0.25, 0.3) is 0 Å². The summed E-state index contributed by atoms with van der Waals surface area (Å²) in [6.07, 6.45) is 8.18. The minimum absolute atomic E-state index is 0.498. The molecule has 2 N–H and O–H groups in total. The zero-order valence-corrected chi connectivity index (χ0v) is 14.0. The second-order valence-electron chi connectivity index (χ2n) is 5.97. The quantitative estimate of drug-likeness (QED) is 0.824. The largest absolute Gasteiger partial charge is 0.389 e. The molecule has 0 radical (unpaired) electrons. The van der Waals surface area contributed by atoms with Gasteiger partial charge in [-0.15, -0.1) is 0 Å². The Morgan fingerprint density at radius 2 is 1.95 bits per heavy atom. The van der Waals surface area contributed by atoms with E-state index >= 15 is 0 Å². The first-order valence-electron chi connectivity index (χ1n) is 7.53. The highest BCUT2D eigenvalue weighted by atomic mass is 79.9. The molecule has 1 aliphatic carbocycles. The normalized spacial score (nSPS) is 23.4. The molecule has 0 spiro atoms. The van der Waals surface area contributed by atoms with E-state index in [-0.39, 0.29) is 0 Å². The molecule has 1 heterocycles. The fourth-order valence-corrected chi connectivity index (χ4v) is 4.40. The molecule has 1 aromatic carbocycles. The van der Waals surface area contributed by atoms with Crippen molar-refractivity contribution >= 4 is 38.8 Å². The maximum Gasteiger partial charge on any atom is 0.106 e. The maximum atomic E-state index is 5.93. The van der Waals surface area contributed by atoms with Crippen molar-refractivity contribution in [3.05, 3.63) is 28.2 Å². The highest BCUT2D eigenvalue weighted by molar-refractivity contribution is 9.10. The first-order chi connectivity index (χ1) is 9.66. The SMILES string of the molecule is NC(=S)c1cc(Br)ccc1N1CCCC1C1CCCC1. The Labute approximate surface area is 134 Å². The van der Waals surface area contributed by atoms with Gasteiger partial charge < -0.3 is 10.6 Å². The summed E-state index contributed by atoms with van der Waals surface area (Å²) in [5.74, 6) is 0.861. The van der Waals surface area contributed by atoms with Crippen LogP contribution >= 0.6 is 28.1 Å². The first kappa shape index (κ1) is 14.3. The van der Waals surface area contributed by atoms with E-state index in [9.17, 15) is 0 Å². The fourth-order valence-electron chi connectivity index (χ4n) is 3.88. The number of halogens is 1. The summed E-state index contributed by atoms with van der Waals surface area (Å²) in [5, 5.41) is 0. The maximum absolute atomic E-state index is 5.93. The Morgan fingerprint density at radius 3 is 2.65 bits per heavy atom. The summed E-state index contributed by atoms with van der Waals surface area (Å²) in [7, 11) is 0. The van der Waals surface area contributed by atoms with Gasteiger partial charge in [0.05, 0.1) is 0 Å². The van der Waals surface area contributed by atoms with Gasteiger partial charge in [-0.2, -0.15) is 0 Å². The zero-order chi connectivity index (χ0) is 14.1. The van der Waals surface area contributed by atoms with E-state index in [1.165, 1.54) is 44.2 Å². The van der Waals surface area contributed by atoms with Crippen LogP contribution in [0.4, 0.5) is 5.69 Å². The molecule has 2 fully saturated rings. The number of hydrogen-bond donors (Lipinski definition) is 1. The first-order valence-corrected chi connectivity index (χ1v) is 8.73. The van der Waals surface area contributed by atoms with Gasteiger partial charge in [0.1, 0.15) is 4.99 Å². The summed E-state index contributed by atoms with van der Waals surface area (Å²) < 4.78 is 1.04. The van der Waals surface area contributed by atoms with Crippen molar-refractivity contribution in [1.29, 1.82) is 0 Å². The number of nitrogens with two attached hydrogens (primary N) is 1. The third kappa shape index (κ3) is 2.73. The van der Waals surface area contributed by atoms with Gasteiger partial charge >= 0.3 is 0 Å². The van der Waals surface area contributed by atoms with Gasteiger partial charge in [-0.1, -0.05) is 41.0 Å². The van der Waals surface area contributed by atoms with Crippen molar-refractivity contribution in [3.63, 3.8) is 0 Å². The van der Waals surface area contributed by atoms with Crippen LogP contribution in [0.2, 0.25) is 0 Å². The van der Waals surface area contributed by atoms with Crippen LogP contribution in [0, 0.1) is 5.92 Å². The number of nitrogens with zero attached hydrogens (tertiary/aromatic N) is 1. The lowest BCUT2D eigenvalue weighted by molar-refractivity contribution is 0.431. The second-order valence-corrected chi connectivity index (χ2v) is 7.33. The number of hydrogen-bond acceptors (Lipinski definition) is 2. The van der Waals surface area contributed by atoms with Gasteiger partial charge in [0.2, 0.25) is 0 Å². The second kappa shape index (κ2) is 6.02. The third-order valence-electron chi connectivity index (χ3n) is 4.78. The number of anilines is 1. The Bertz CT molecular complexity index is 511. The van der Waals surface area contributed by atoms with Gasteiger partial charge in [-0.05, 0) is 49.8 Å². The lowest BCUT2D eigenvalue weighted by Gasteiger charge is -2.32. The van der Waals surface area contributed by atoms with Crippen molar-refractivity contribution in [2.75, 3.05) is 11.4 Å². The van der Waals surface area contributed by atoms with Crippen molar-refractivity contribution in [3.8, 4) is 0 Å². The number of thiocarbonyl (C=S) groups is 1. The molecule has 4 heteroatoms. The molecule has 1 unspecified atom stereocenters. The minimum Gasteiger partial charge on any atom is -0.389 e. The zero-order valence-electron chi connectivity index (χ0n) is 11.6. The summed E-state index contributed by atoms with van der Waals surface area (Å²) in [4.78, 5) is 3.06. The van der Waals surface area contributed by atoms with Gasteiger partial charge in [-0.25, -0.2) is 0 Å². The van der Waals surface area contributed by atoms with Crippen molar-refractivity contribution in [2.24, 2.45) is 11.7 Å². The van der Waals surface area contributed by atoms with E-state index < -0.39 is 0 Å². The van der Waals surface area contributed by atoms with E-state index in [0.717, 1.165) is 22.5 Å². The third-order valence-corrected chi connectivity index (χ3v) is 5.49. The molecule has 0 bridgehead atoms. The van der Waals surface area contributed by atoms with E-state index in [0.29, 0.717) is 11.0 Å². The molecule has 1 atom stereocenters. The van der Waals surface area contributed by atoms with E-state index in [2.05, 4.69) is 39.0 Å². The van der Waals surface area contributed by atoms with Crippen LogP contribution in [-0.4, -0.2) is 17.6 Å². The molecule has 1 saturated carbocycles. The van der Waals surface area contributed by atoms with Gasteiger partial charge in [0.25, 0.3) is 0 Å². The van der Waals surface area contributed by atoms with Crippen LogP contribution in [0.15, 0.2) is 22.7 Å². The van der Waals surface area contributed by atoms with E-state index in [1.807, 2.05) is 0 Å². The minimum atomic E-state index is 0.498. The predicted molar refractivity (Wildman–Crippen MR) is 92.4 cm³/mol. The number of rotatable bonds is 3. The molecule has 2 aliphatic rings. The lowest BCUT2D eigenvalue weighted by atomic mass is 9.95. The summed E-state index contributed by atoms with van der Waals surface area (Å²) in [5.41, 5.74) is 8.18. The van der Waals surface area contributed by atoms with Crippen LogP contribution in [0.3, 0.4) is 0 Å². The molecule has 0 amide bonds. The highest BCUT2D eigenvalue weighted by Gasteiger charge is 2.34. The van der Waals surface area contributed by atoms with E-state index in [4.69, 9.17) is 18.0 Å². The smallest absolute Gasteiger partial charge is 0.106 e. The average Bonchev–Trinajstić information content (AvgIpc) is 3.09. The fraction of sp³-hybridized carbons (Fsp3) is 0.562. The molecule has 1 saturated heterocycles. The van der Waals surface area contributed by atoms with Gasteiger partial charge in [0.15, 0.2) is 0 Å². The molecule has 2 nitrogen and oxygen atoms in total. The Hall–Kier alpha value is -0.610. The summed E-state index contributed by atoms with van der Waals surface area (Å²) >= 11 is 8.77. The molecular formula is C16H21BrN2S. The van der Waals surface area contributed by atoms with Gasteiger partial charge in [-0.3, -0.25) is 0 Å². The molecule has 0 aromatic heterocycles. The summed E-state index contributed by atoms with van der Waals surface area (Å²) in [6.45, 7) is 1.14.